The highest BCUT2D eigenvalue weighted by molar-refractivity contribution is 5.02. The number of hydrogen-bond donors (Lipinski definition) is 1. The molecule has 0 amide bonds. The van der Waals surface area contributed by atoms with Gasteiger partial charge in [0.05, 0.1) is 0 Å². The fraction of sp³-hybridized carbons (Fsp3) is 1.00. The molecule has 0 spiro atoms. The molecule has 2 N–H and O–H groups in total. The number of piperazine rings is 1. The Balaban J connectivity index is 1.71. The fourth-order valence-electron chi connectivity index (χ4n) is 4.04. The van der Waals surface area contributed by atoms with Gasteiger partial charge in [0, 0.05) is 44.3 Å². The standard InChI is InChI=1S/C13H26N4/c1-15-6-4-13(10-14,11-15)17-8-7-16-5-2-3-12(16)9-17/h12H,2-11,14H2,1H3. The summed E-state index contributed by atoms with van der Waals surface area (Å²) in [5.41, 5.74) is 6.40. The van der Waals surface area contributed by atoms with Crippen LogP contribution in [-0.2, 0) is 0 Å². The Morgan fingerprint density at radius 1 is 1.24 bits per heavy atom. The summed E-state index contributed by atoms with van der Waals surface area (Å²) in [7, 11) is 2.23. The normalized spacial score (nSPS) is 40.9. The summed E-state index contributed by atoms with van der Waals surface area (Å²) >= 11 is 0. The smallest absolute Gasteiger partial charge is 0.0471 e. The molecule has 3 aliphatic rings. The second-order valence-corrected chi connectivity index (χ2v) is 6.19. The van der Waals surface area contributed by atoms with Gasteiger partial charge in [-0.2, -0.15) is 0 Å². The third-order valence-corrected chi connectivity index (χ3v) is 5.16. The van der Waals surface area contributed by atoms with Crippen LogP contribution in [0.3, 0.4) is 0 Å². The minimum Gasteiger partial charge on any atom is -0.329 e. The van der Waals surface area contributed by atoms with Crippen LogP contribution in [-0.4, -0.2) is 79.1 Å². The van der Waals surface area contributed by atoms with Gasteiger partial charge in [0.1, 0.15) is 0 Å². The summed E-state index contributed by atoms with van der Waals surface area (Å²) in [6, 6.07) is 0.818. The van der Waals surface area contributed by atoms with Crippen LogP contribution in [0.1, 0.15) is 19.3 Å². The fourth-order valence-corrected chi connectivity index (χ4v) is 4.04. The van der Waals surface area contributed by atoms with Crippen LogP contribution in [0.25, 0.3) is 0 Å². The largest absolute Gasteiger partial charge is 0.329 e. The van der Waals surface area contributed by atoms with Crippen molar-refractivity contribution in [2.45, 2.75) is 30.8 Å². The van der Waals surface area contributed by atoms with E-state index in [0.29, 0.717) is 0 Å². The predicted molar refractivity (Wildman–Crippen MR) is 70.1 cm³/mol. The molecule has 0 aromatic heterocycles. The van der Waals surface area contributed by atoms with Crippen molar-refractivity contribution in [3.8, 4) is 0 Å². The Morgan fingerprint density at radius 2 is 2.12 bits per heavy atom. The molecule has 2 atom stereocenters. The lowest BCUT2D eigenvalue weighted by Gasteiger charge is -2.47. The number of nitrogens with zero attached hydrogens (tertiary/aromatic N) is 3. The highest BCUT2D eigenvalue weighted by Crippen LogP contribution is 2.31. The van der Waals surface area contributed by atoms with Crippen molar-refractivity contribution >= 4 is 0 Å². The number of likely N-dealkylation sites (tertiary alicyclic amines) is 1. The van der Waals surface area contributed by atoms with E-state index in [-0.39, 0.29) is 5.54 Å². The lowest BCUT2D eigenvalue weighted by Crippen LogP contribution is -2.62. The van der Waals surface area contributed by atoms with Crippen molar-refractivity contribution in [3.05, 3.63) is 0 Å². The third kappa shape index (κ3) is 2.01. The quantitative estimate of drug-likeness (QED) is 0.723. The molecule has 98 valence electrons. The Morgan fingerprint density at radius 3 is 2.82 bits per heavy atom. The molecule has 4 heteroatoms. The van der Waals surface area contributed by atoms with Crippen LogP contribution < -0.4 is 5.73 Å². The van der Waals surface area contributed by atoms with E-state index in [1.165, 1.54) is 52.0 Å². The molecule has 0 bridgehead atoms. The molecule has 0 saturated carbocycles. The van der Waals surface area contributed by atoms with E-state index in [1.807, 2.05) is 0 Å². The number of rotatable bonds is 2. The Kier molecular flexibility index (Phi) is 3.15. The molecule has 0 aromatic rings. The number of likely N-dealkylation sites (N-methyl/N-ethyl adjacent to an activating group) is 1. The van der Waals surface area contributed by atoms with E-state index in [9.17, 15) is 0 Å². The summed E-state index contributed by atoms with van der Waals surface area (Å²) < 4.78 is 0. The van der Waals surface area contributed by atoms with Gasteiger partial charge < -0.3 is 10.6 Å². The maximum Gasteiger partial charge on any atom is 0.0471 e. The van der Waals surface area contributed by atoms with E-state index in [4.69, 9.17) is 5.73 Å². The molecule has 0 aliphatic carbocycles. The van der Waals surface area contributed by atoms with Gasteiger partial charge in [-0.3, -0.25) is 9.80 Å². The molecule has 3 heterocycles. The van der Waals surface area contributed by atoms with Gasteiger partial charge in [-0.05, 0) is 39.4 Å². The zero-order chi connectivity index (χ0) is 11.9. The number of hydrogen-bond acceptors (Lipinski definition) is 4. The lowest BCUT2D eigenvalue weighted by molar-refractivity contribution is 0.0236. The molecule has 0 radical (unpaired) electrons. The molecule has 3 rings (SSSR count). The van der Waals surface area contributed by atoms with Crippen LogP contribution in [0.2, 0.25) is 0 Å². The number of nitrogens with two attached hydrogens (primary N) is 1. The van der Waals surface area contributed by atoms with E-state index in [2.05, 4.69) is 21.7 Å². The first kappa shape index (κ1) is 11.9. The summed E-state index contributed by atoms with van der Waals surface area (Å²) in [6.07, 6.45) is 4.05. The van der Waals surface area contributed by atoms with Crippen LogP contribution in [0, 0.1) is 0 Å². The van der Waals surface area contributed by atoms with E-state index in [1.54, 1.807) is 0 Å². The molecule has 3 aliphatic heterocycles. The Labute approximate surface area is 105 Å². The minimum absolute atomic E-state index is 0.281. The van der Waals surface area contributed by atoms with E-state index in [0.717, 1.165) is 19.1 Å². The molecule has 3 fully saturated rings. The van der Waals surface area contributed by atoms with Gasteiger partial charge in [-0.15, -0.1) is 0 Å². The van der Waals surface area contributed by atoms with Crippen molar-refractivity contribution in [1.82, 2.24) is 14.7 Å². The lowest BCUT2D eigenvalue weighted by atomic mass is 9.94. The first-order chi connectivity index (χ1) is 8.23. The predicted octanol–water partition coefficient (Wildman–Crippen LogP) is -0.201. The summed E-state index contributed by atoms with van der Waals surface area (Å²) in [5, 5.41) is 0. The van der Waals surface area contributed by atoms with E-state index < -0.39 is 0 Å². The molecule has 17 heavy (non-hydrogen) atoms. The monoisotopic (exact) mass is 238 g/mol. The van der Waals surface area contributed by atoms with Gasteiger partial charge in [0.15, 0.2) is 0 Å². The molecular weight excluding hydrogens is 212 g/mol. The van der Waals surface area contributed by atoms with Crippen LogP contribution >= 0.6 is 0 Å². The highest BCUT2D eigenvalue weighted by atomic mass is 15.4. The van der Waals surface area contributed by atoms with Crippen molar-refractivity contribution in [2.24, 2.45) is 5.73 Å². The Hall–Kier alpha value is -0.160. The van der Waals surface area contributed by atoms with Crippen LogP contribution in [0.4, 0.5) is 0 Å². The minimum atomic E-state index is 0.281. The highest BCUT2D eigenvalue weighted by Gasteiger charge is 2.44. The summed E-state index contributed by atoms with van der Waals surface area (Å²) in [6.45, 7) is 8.26. The molecule has 4 nitrogen and oxygen atoms in total. The molecular formula is C13H26N4. The molecule has 3 saturated heterocycles. The van der Waals surface area contributed by atoms with Crippen LogP contribution in [0.5, 0.6) is 0 Å². The topological polar surface area (TPSA) is 35.7 Å². The maximum atomic E-state index is 6.12. The SMILES string of the molecule is CN1CCC(CN)(N2CCN3CCCC3C2)C1. The van der Waals surface area contributed by atoms with Gasteiger partial charge in [0.25, 0.3) is 0 Å². The zero-order valence-corrected chi connectivity index (χ0v) is 11.1. The third-order valence-electron chi connectivity index (χ3n) is 5.16. The first-order valence-electron chi connectivity index (χ1n) is 7.11. The second kappa shape index (κ2) is 4.50. The summed E-state index contributed by atoms with van der Waals surface area (Å²) in [4.78, 5) is 7.83. The van der Waals surface area contributed by atoms with Crippen molar-refractivity contribution in [2.75, 3.05) is 52.9 Å². The van der Waals surface area contributed by atoms with Crippen molar-refractivity contribution in [3.63, 3.8) is 0 Å². The first-order valence-corrected chi connectivity index (χ1v) is 7.11. The average molecular weight is 238 g/mol. The van der Waals surface area contributed by atoms with Gasteiger partial charge in [0.2, 0.25) is 0 Å². The molecule has 2 unspecified atom stereocenters. The van der Waals surface area contributed by atoms with Gasteiger partial charge >= 0.3 is 0 Å². The van der Waals surface area contributed by atoms with Gasteiger partial charge in [-0.25, -0.2) is 0 Å². The van der Waals surface area contributed by atoms with Crippen LogP contribution in [0.15, 0.2) is 0 Å². The van der Waals surface area contributed by atoms with Gasteiger partial charge in [-0.1, -0.05) is 0 Å². The summed E-state index contributed by atoms with van der Waals surface area (Å²) in [5.74, 6) is 0. The maximum absolute atomic E-state index is 6.12. The van der Waals surface area contributed by atoms with Crippen molar-refractivity contribution in [1.29, 1.82) is 0 Å². The molecule has 0 aromatic carbocycles. The zero-order valence-electron chi connectivity index (χ0n) is 11.1. The average Bonchev–Trinajstić information content (AvgIpc) is 2.94. The van der Waals surface area contributed by atoms with E-state index >= 15 is 0 Å². The second-order valence-electron chi connectivity index (χ2n) is 6.19. The Bertz CT molecular complexity index is 283. The van der Waals surface area contributed by atoms with Crippen molar-refractivity contribution < 1.29 is 0 Å². The number of fused-ring (bicyclic) bond motifs is 1.